The van der Waals surface area contributed by atoms with Gasteiger partial charge in [-0.2, -0.15) is 0 Å². The molecule has 1 N–H and O–H groups in total. The second-order valence-corrected chi connectivity index (χ2v) is 7.97. The summed E-state index contributed by atoms with van der Waals surface area (Å²) in [5, 5.41) is 1.90. The van der Waals surface area contributed by atoms with Crippen LogP contribution in [0, 0.1) is 0 Å². The van der Waals surface area contributed by atoms with Gasteiger partial charge in [-0.3, -0.25) is 15.0 Å². The smallest absolute Gasteiger partial charge is 0.276 e. The van der Waals surface area contributed by atoms with E-state index in [1.165, 1.54) is 16.8 Å². The molecule has 2 aromatic rings. The van der Waals surface area contributed by atoms with Crippen molar-refractivity contribution in [3.63, 3.8) is 0 Å². The molecule has 0 spiro atoms. The molecular formula is C18H16Cl2N2O3S. The van der Waals surface area contributed by atoms with Crippen LogP contribution in [0.5, 0.6) is 5.75 Å². The summed E-state index contributed by atoms with van der Waals surface area (Å²) in [7, 11) is 0. The van der Waals surface area contributed by atoms with Gasteiger partial charge in [0, 0.05) is 10.0 Å². The number of hydrogen-bond acceptors (Lipinski definition) is 4. The van der Waals surface area contributed by atoms with E-state index in [2.05, 4.69) is 5.43 Å². The number of carbonyl (C=O) groups is 2. The van der Waals surface area contributed by atoms with Gasteiger partial charge in [-0.05, 0) is 48.9 Å². The van der Waals surface area contributed by atoms with Crippen molar-refractivity contribution in [1.29, 1.82) is 0 Å². The minimum absolute atomic E-state index is 0.167. The Bertz CT molecular complexity index is 816. The average Bonchev–Trinajstić information content (AvgIpc) is 2.90. The Kier molecular flexibility index (Phi) is 5.96. The van der Waals surface area contributed by atoms with E-state index in [-0.39, 0.29) is 23.1 Å². The van der Waals surface area contributed by atoms with Crippen LogP contribution in [0.3, 0.4) is 0 Å². The van der Waals surface area contributed by atoms with Crippen molar-refractivity contribution in [2.75, 3.05) is 6.61 Å². The van der Waals surface area contributed by atoms with Crippen LogP contribution in [-0.4, -0.2) is 28.7 Å². The van der Waals surface area contributed by atoms with Crippen molar-refractivity contribution in [3.05, 3.63) is 64.1 Å². The predicted octanol–water partition coefficient (Wildman–Crippen LogP) is 4.07. The van der Waals surface area contributed by atoms with Gasteiger partial charge in [0.15, 0.2) is 6.61 Å². The summed E-state index contributed by atoms with van der Waals surface area (Å²) in [6.07, 6.45) is 0. The Hall–Kier alpha value is -1.89. The summed E-state index contributed by atoms with van der Waals surface area (Å²) in [5.74, 6) is -0.0683. The predicted molar refractivity (Wildman–Crippen MR) is 103 cm³/mol. The van der Waals surface area contributed by atoms with Crippen LogP contribution in [-0.2, 0) is 9.59 Å². The molecule has 0 bridgehead atoms. The standard InChI is InChI=1S/C18H16Cl2N2O3S/c1-11-17(24)22(18(26-11)12-3-2-4-14(20)9-12)21-16(23)10-25-15-7-5-13(19)6-8-15/h2-9,11,18H,10H2,1H3,(H,21,23). The van der Waals surface area contributed by atoms with E-state index in [1.54, 1.807) is 43.3 Å². The molecule has 0 radical (unpaired) electrons. The first-order chi connectivity index (χ1) is 12.4. The Morgan fingerprint density at radius 1 is 1.19 bits per heavy atom. The van der Waals surface area contributed by atoms with Gasteiger partial charge in [-0.15, -0.1) is 11.8 Å². The Labute approximate surface area is 165 Å². The number of ether oxygens (including phenoxy) is 1. The van der Waals surface area contributed by atoms with Gasteiger partial charge in [-0.1, -0.05) is 35.3 Å². The van der Waals surface area contributed by atoms with E-state index < -0.39 is 5.91 Å². The van der Waals surface area contributed by atoms with Gasteiger partial charge >= 0.3 is 0 Å². The number of amides is 2. The summed E-state index contributed by atoms with van der Waals surface area (Å²) in [5.41, 5.74) is 3.49. The van der Waals surface area contributed by atoms with Crippen molar-refractivity contribution in [1.82, 2.24) is 10.4 Å². The van der Waals surface area contributed by atoms with Gasteiger partial charge in [-0.25, -0.2) is 5.01 Å². The second kappa shape index (κ2) is 8.20. The third-order valence-electron chi connectivity index (χ3n) is 3.72. The molecule has 8 heteroatoms. The van der Waals surface area contributed by atoms with Gasteiger partial charge in [0.1, 0.15) is 11.1 Å². The topological polar surface area (TPSA) is 58.6 Å². The lowest BCUT2D eigenvalue weighted by molar-refractivity contribution is -0.141. The first kappa shape index (κ1) is 18.9. The highest BCUT2D eigenvalue weighted by Gasteiger charge is 2.39. The van der Waals surface area contributed by atoms with Crippen LogP contribution in [0.4, 0.5) is 0 Å². The van der Waals surface area contributed by atoms with Gasteiger partial charge in [0.05, 0.1) is 5.25 Å². The number of benzene rings is 2. The second-order valence-electron chi connectivity index (χ2n) is 5.67. The monoisotopic (exact) mass is 410 g/mol. The summed E-state index contributed by atoms with van der Waals surface area (Å²) in [4.78, 5) is 24.7. The fourth-order valence-corrected chi connectivity index (χ4v) is 4.00. The average molecular weight is 411 g/mol. The molecule has 0 saturated carbocycles. The maximum atomic E-state index is 12.4. The maximum Gasteiger partial charge on any atom is 0.276 e. The van der Waals surface area contributed by atoms with Crippen LogP contribution < -0.4 is 10.2 Å². The fourth-order valence-electron chi connectivity index (χ4n) is 2.47. The van der Waals surface area contributed by atoms with E-state index in [0.717, 1.165) is 5.56 Å². The summed E-state index contributed by atoms with van der Waals surface area (Å²) in [6.45, 7) is 1.59. The molecule has 3 rings (SSSR count). The lowest BCUT2D eigenvalue weighted by Gasteiger charge is -2.24. The summed E-state index contributed by atoms with van der Waals surface area (Å²) >= 11 is 13.3. The molecule has 2 unspecified atom stereocenters. The van der Waals surface area contributed by atoms with E-state index in [4.69, 9.17) is 27.9 Å². The molecule has 1 aliphatic heterocycles. The first-order valence-corrected chi connectivity index (χ1v) is 9.56. The normalized spacial score (nSPS) is 19.5. The summed E-state index contributed by atoms with van der Waals surface area (Å²) in [6, 6.07) is 13.9. The molecule has 0 aliphatic carbocycles. The van der Waals surface area contributed by atoms with Gasteiger partial charge < -0.3 is 4.74 Å². The Morgan fingerprint density at radius 2 is 1.92 bits per heavy atom. The highest BCUT2D eigenvalue weighted by atomic mass is 35.5. The fraction of sp³-hybridized carbons (Fsp3) is 0.222. The zero-order chi connectivity index (χ0) is 18.7. The number of halogens is 2. The molecular weight excluding hydrogens is 395 g/mol. The van der Waals surface area contributed by atoms with Gasteiger partial charge in [0.2, 0.25) is 0 Å². The number of carbonyl (C=O) groups excluding carboxylic acids is 2. The number of thioether (sulfide) groups is 1. The zero-order valence-corrected chi connectivity index (χ0v) is 16.1. The van der Waals surface area contributed by atoms with E-state index in [9.17, 15) is 9.59 Å². The minimum Gasteiger partial charge on any atom is -0.484 e. The molecule has 1 fully saturated rings. The lowest BCUT2D eigenvalue weighted by Crippen LogP contribution is -2.47. The molecule has 1 saturated heterocycles. The van der Waals surface area contributed by atoms with Crippen LogP contribution >= 0.6 is 35.0 Å². The van der Waals surface area contributed by atoms with Crippen molar-refractivity contribution in [2.45, 2.75) is 17.5 Å². The minimum atomic E-state index is -0.421. The van der Waals surface area contributed by atoms with Gasteiger partial charge in [0.25, 0.3) is 11.8 Å². The largest absolute Gasteiger partial charge is 0.484 e. The molecule has 1 heterocycles. The zero-order valence-electron chi connectivity index (χ0n) is 13.8. The van der Waals surface area contributed by atoms with Crippen LogP contribution in [0.1, 0.15) is 17.9 Å². The molecule has 2 atom stereocenters. The molecule has 5 nitrogen and oxygen atoms in total. The van der Waals surface area contributed by atoms with E-state index in [0.29, 0.717) is 15.8 Å². The number of hydrogen-bond donors (Lipinski definition) is 1. The third-order valence-corrected chi connectivity index (χ3v) is 5.55. The van der Waals surface area contributed by atoms with Crippen molar-refractivity contribution < 1.29 is 14.3 Å². The number of hydrazine groups is 1. The molecule has 136 valence electrons. The van der Waals surface area contributed by atoms with Crippen molar-refractivity contribution in [3.8, 4) is 5.75 Å². The Morgan fingerprint density at radius 3 is 2.62 bits per heavy atom. The van der Waals surface area contributed by atoms with Crippen LogP contribution in [0.25, 0.3) is 0 Å². The van der Waals surface area contributed by atoms with Crippen molar-refractivity contribution >= 4 is 46.8 Å². The highest BCUT2D eigenvalue weighted by Crippen LogP contribution is 2.42. The first-order valence-electron chi connectivity index (χ1n) is 7.86. The van der Waals surface area contributed by atoms with Crippen LogP contribution in [0.15, 0.2) is 48.5 Å². The SMILES string of the molecule is CC1SC(c2cccc(Cl)c2)N(NC(=O)COc2ccc(Cl)cc2)C1=O. The molecule has 2 aromatic carbocycles. The van der Waals surface area contributed by atoms with E-state index in [1.807, 2.05) is 12.1 Å². The quantitative estimate of drug-likeness (QED) is 0.806. The number of rotatable bonds is 5. The molecule has 26 heavy (non-hydrogen) atoms. The van der Waals surface area contributed by atoms with E-state index >= 15 is 0 Å². The molecule has 1 aliphatic rings. The molecule has 0 aromatic heterocycles. The highest BCUT2D eigenvalue weighted by molar-refractivity contribution is 8.01. The summed E-state index contributed by atoms with van der Waals surface area (Å²) < 4.78 is 5.42. The number of nitrogens with one attached hydrogen (secondary N) is 1. The van der Waals surface area contributed by atoms with Crippen LogP contribution in [0.2, 0.25) is 10.0 Å². The van der Waals surface area contributed by atoms with Crippen molar-refractivity contribution in [2.24, 2.45) is 0 Å². The maximum absolute atomic E-state index is 12.4. The Balaban J connectivity index is 1.66. The lowest BCUT2D eigenvalue weighted by atomic mass is 10.2. The molecule has 2 amide bonds. The third kappa shape index (κ3) is 4.44. The number of nitrogens with zero attached hydrogens (tertiary/aromatic N) is 1.